The van der Waals surface area contributed by atoms with Gasteiger partial charge in [0.1, 0.15) is 0 Å². The SMILES string of the molecule is CC1=CC(C(=O)OC(C)C)C=CC(C(=O)OC(C)C)=C1. The number of carbonyl (C=O) groups excluding carboxylic acids is 2. The van der Waals surface area contributed by atoms with Crippen LogP contribution >= 0.6 is 0 Å². The van der Waals surface area contributed by atoms with E-state index in [2.05, 4.69) is 0 Å². The van der Waals surface area contributed by atoms with Crippen LogP contribution in [0.5, 0.6) is 0 Å². The first-order chi connectivity index (χ1) is 9.29. The van der Waals surface area contributed by atoms with E-state index in [1.54, 1.807) is 52.0 Å². The molecular weight excluding hydrogens is 256 g/mol. The molecule has 0 saturated carbocycles. The molecule has 0 aliphatic heterocycles. The van der Waals surface area contributed by atoms with Gasteiger partial charge in [0.2, 0.25) is 0 Å². The first kappa shape index (κ1) is 16.2. The Bertz CT molecular complexity index is 467. The summed E-state index contributed by atoms with van der Waals surface area (Å²) in [5.41, 5.74) is 1.27. The van der Waals surface area contributed by atoms with Crippen LogP contribution in [-0.4, -0.2) is 24.1 Å². The highest BCUT2D eigenvalue weighted by atomic mass is 16.5. The van der Waals surface area contributed by atoms with E-state index in [0.717, 1.165) is 5.57 Å². The van der Waals surface area contributed by atoms with E-state index in [0.29, 0.717) is 5.57 Å². The fraction of sp³-hybridized carbons (Fsp3) is 0.500. The lowest BCUT2D eigenvalue weighted by Crippen LogP contribution is -2.18. The van der Waals surface area contributed by atoms with Crippen molar-refractivity contribution in [3.05, 3.63) is 35.5 Å². The minimum atomic E-state index is -0.474. The average Bonchev–Trinajstić information content (AvgIpc) is 2.49. The highest BCUT2D eigenvalue weighted by Crippen LogP contribution is 2.18. The molecule has 1 aliphatic carbocycles. The Morgan fingerprint density at radius 1 is 1.10 bits per heavy atom. The number of esters is 2. The zero-order valence-corrected chi connectivity index (χ0v) is 12.7. The van der Waals surface area contributed by atoms with Crippen LogP contribution in [0.4, 0.5) is 0 Å². The van der Waals surface area contributed by atoms with Crippen LogP contribution in [0.25, 0.3) is 0 Å². The van der Waals surface area contributed by atoms with Gasteiger partial charge in [0.25, 0.3) is 0 Å². The lowest BCUT2D eigenvalue weighted by molar-refractivity contribution is -0.149. The van der Waals surface area contributed by atoms with E-state index in [9.17, 15) is 9.59 Å². The Labute approximate surface area is 120 Å². The van der Waals surface area contributed by atoms with Crippen LogP contribution in [0, 0.1) is 5.92 Å². The standard InChI is InChI=1S/C16H22O4/c1-10(2)19-15(17)13-6-7-14(9-12(5)8-13)16(18)20-11(3)4/h6-11,13H,1-5H3. The molecule has 1 atom stereocenters. The van der Waals surface area contributed by atoms with Gasteiger partial charge in [-0.1, -0.05) is 23.8 Å². The molecule has 0 aromatic rings. The topological polar surface area (TPSA) is 52.6 Å². The molecule has 0 bridgehead atoms. The van der Waals surface area contributed by atoms with E-state index < -0.39 is 5.92 Å². The monoisotopic (exact) mass is 278 g/mol. The Hall–Kier alpha value is -1.84. The summed E-state index contributed by atoms with van der Waals surface area (Å²) >= 11 is 0. The smallest absolute Gasteiger partial charge is 0.338 e. The molecule has 0 N–H and O–H groups in total. The second-order valence-electron chi connectivity index (χ2n) is 5.33. The second-order valence-corrected chi connectivity index (χ2v) is 5.33. The summed E-state index contributed by atoms with van der Waals surface area (Å²) in [5, 5.41) is 0. The van der Waals surface area contributed by atoms with E-state index >= 15 is 0 Å². The first-order valence-corrected chi connectivity index (χ1v) is 6.79. The van der Waals surface area contributed by atoms with Crippen LogP contribution in [0.2, 0.25) is 0 Å². The molecule has 110 valence electrons. The molecule has 4 nitrogen and oxygen atoms in total. The fourth-order valence-electron chi connectivity index (χ4n) is 1.75. The molecule has 0 radical (unpaired) electrons. The molecule has 0 saturated heterocycles. The fourth-order valence-corrected chi connectivity index (χ4v) is 1.75. The maximum absolute atomic E-state index is 11.9. The third-order valence-corrected chi connectivity index (χ3v) is 2.51. The summed E-state index contributed by atoms with van der Waals surface area (Å²) in [7, 11) is 0. The molecule has 1 rings (SSSR count). The summed E-state index contributed by atoms with van der Waals surface area (Å²) in [5.74, 6) is -1.18. The zero-order valence-electron chi connectivity index (χ0n) is 12.7. The van der Waals surface area contributed by atoms with Crippen LogP contribution < -0.4 is 0 Å². The van der Waals surface area contributed by atoms with Crippen LogP contribution in [0.3, 0.4) is 0 Å². The van der Waals surface area contributed by atoms with Crippen molar-refractivity contribution in [2.75, 3.05) is 0 Å². The minimum absolute atomic E-state index is 0.161. The van der Waals surface area contributed by atoms with Gasteiger partial charge in [-0.2, -0.15) is 0 Å². The van der Waals surface area contributed by atoms with Gasteiger partial charge in [0, 0.05) is 0 Å². The largest absolute Gasteiger partial charge is 0.462 e. The molecule has 0 spiro atoms. The normalized spacial score (nSPS) is 18.4. The third-order valence-electron chi connectivity index (χ3n) is 2.51. The lowest BCUT2D eigenvalue weighted by atomic mass is 10.1. The van der Waals surface area contributed by atoms with Crippen molar-refractivity contribution in [1.82, 2.24) is 0 Å². The highest BCUT2D eigenvalue weighted by Gasteiger charge is 2.19. The van der Waals surface area contributed by atoms with E-state index in [1.165, 1.54) is 0 Å². The highest BCUT2D eigenvalue weighted by molar-refractivity contribution is 5.93. The molecule has 1 aliphatic rings. The Morgan fingerprint density at radius 3 is 2.25 bits per heavy atom. The molecule has 0 aromatic carbocycles. The number of carbonyl (C=O) groups is 2. The molecule has 0 fully saturated rings. The maximum Gasteiger partial charge on any atom is 0.338 e. The number of ether oxygens (including phenoxy) is 2. The molecule has 0 heterocycles. The van der Waals surface area contributed by atoms with E-state index in [1.807, 2.05) is 6.92 Å². The molecule has 0 amide bonds. The lowest BCUT2D eigenvalue weighted by Gasteiger charge is -2.11. The number of hydrogen-bond donors (Lipinski definition) is 0. The summed E-state index contributed by atoms with van der Waals surface area (Å²) in [4.78, 5) is 23.8. The zero-order chi connectivity index (χ0) is 15.3. The Morgan fingerprint density at radius 2 is 1.70 bits per heavy atom. The van der Waals surface area contributed by atoms with Gasteiger partial charge in [0.05, 0.1) is 23.7 Å². The van der Waals surface area contributed by atoms with Crippen molar-refractivity contribution in [2.24, 2.45) is 5.92 Å². The number of allylic oxidation sites excluding steroid dienone is 2. The van der Waals surface area contributed by atoms with Crippen molar-refractivity contribution in [1.29, 1.82) is 0 Å². The quantitative estimate of drug-likeness (QED) is 0.742. The van der Waals surface area contributed by atoms with Crippen molar-refractivity contribution < 1.29 is 19.1 Å². The van der Waals surface area contributed by atoms with E-state index in [4.69, 9.17) is 9.47 Å². The van der Waals surface area contributed by atoms with Gasteiger partial charge in [-0.25, -0.2) is 4.79 Å². The van der Waals surface area contributed by atoms with Crippen molar-refractivity contribution in [3.8, 4) is 0 Å². The number of rotatable bonds is 4. The third kappa shape index (κ3) is 5.03. The van der Waals surface area contributed by atoms with Gasteiger partial charge in [-0.15, -0.1) is 0 Å². The maximum atomic E-state index is 11.9. The first-order valence-electron chi connectivity index (χ1n) is 6.79. The van der Waals surface area contributed by atoms with E-state index in [-0.39, 0.29) is 24.1 Å². The summed E-state index contributed by atoms with van der Waals surface area (Å²) < 4.78 is 10.3. The van der Waals surface area contributed by atoms with Crippen LogP contribution in [-0.2, 0) is 19.1 Å². The van der Waals surface area contributed by atoms with Crippen LogP contribution in [0.1, 0.15) is 34.6 Å². The van der Waals surface area contributed by atoms with Gasteiger partial charge >= 0.3 is 11.9 Å². The molecule has 4 heteroatoms. The molecule has 20 heavy (non-hydrogen) atoms. The summed E-state index contributed by atoms with van der Waals surface area (Å²) in [6, 6.07) is 0. The van der Waals surface area contributed by atoms with Crippen molar-refractivity contribution in [3.63, 3.8) is 0 Å². The Kier molecular flexibility index (Phi) is 5.74. The van der Waals surface area contributed by atoms with Gasteiger partial charge in [-0.3, -0.25) is 4.79 Å². The minimum Gasteiger partial charge on any atom is -0.462 e. The van der Waals surface area contributed by atoms with Crippen LogP contribution in [0.15, 0.2) is 35.5 Å². The second kappa shape index (κ2) is 7.08. The predicted octanol–water partition coefficient (Wildman–Crippen LogP) is 2.95. The van der Waals surface area contributed by atoms with Gasteiger partial charge in [0.15, 0.2) is 0 Å². The van der Waals surface area contributed by atoms with Gasteiger partial charge in [-0.05, 0) is 40.7 Å². The van der Waals surface area contributed by atoms with Crippen molar-refractivity contribution in [2.45, 2.75) is 46.8 Å². The molecule has 1 unspecified atom stereocenters. The molecule has 0 aromatic heterocycles. The predicted molar refractivity (Wildman–Crippen MR) is 76.9 cm³/mol. The number of hydrogen-bond acceptors (Lipinski definition) is 4. The average molecular weight is 278 g/mol. The Balaban J connectivity index is 2.85. The summed E-state index contributed by atoms with van der Waals surface area (Å²) in [6.45, 7) is 9.04. The summed E-state index contributed by atoms with van der Waals surface area (Å²) in [6.07, 6.45) is 6.43. The van der Waals surface area contributed by atoms with Gasteiger partial charge < -0.3 is 9.47 Å². The van der Waals surface area contributed by atoms with Crippen molar-refractivity contribution >= 4 is 11.9 Å². The molecular formula is C16H22O4.